The summed E-state index contributed by atoms with van der Waals surface area (Å²) in [5.41, 5.74) is 1.09. The summed E-state index contributed by atoms with van der Waals surface area (Å²) in [6, 6.07) is 4.02. The van der Waals surface area contributed by atoms with Crippen LogP contribution in [0.15, 0.2) is 16.9 Å². The molecule has 0 amide bonds. The normalized spacial score (nSPS) is 19.4. The van der Waals surface area contributed by atoms with Gasteiger partial charge in [0.1, 0.15) is 11.9 Å². The third-order valence-corrected chi connectivity index (χ3v) is 3.19. The van der Waals surface area contributed by atoms with Crippen molar-refractivity contribution in [2.24, 2.45) is 0 Å². The van der Waals surface area contributed by atoms with Crippen LogP contribution in [-0.2, 0) is 0 Å². The molecule has 1 aromatic heterocycles. The molecule has 0 spiro atoms. The molecule has 0 unspecified atom stereocenters. The fraction of sp³-hybridized carbons (Fsp3) is 0.583. The average molecular weight is 257 g/mol. The molecule has 0 aromatic carbocycles. The Balaban J connectivity index is 0.00000108. The minimum absolute atomic E-state index is 0. The molecule has 1 saturated carbocycles. The Bertz CT molecular complexity index is 464. The minimum Gasteiger partial charge on any atom is -0.488 e. The molecule has 0 radical (unpaired) electrons. The maximum atomic E-state index is 11.9. The summed E-state index contributed by atoms with van der Waals surface area (Å²) in [5, 5.41) is 3.14. The first-order valence-electron chi connectivity index (χ1n) is 5.84. The Morgan fingerprint density at radius 2 is 2.06 bits per heavy atom. The molecule has 2 heterocycles. The maximum absolute atomic E-state index is 11.9. The highest BCUT2D eigenvalue weighted by atomic mass is 35.5. The van der Waals surface area contributed by atoms with Crippen LogP contribution >= 0.6 is 12.4 Å². The second kappa shape index (κ2) is 4.70. The first-order chi connectivity index (χ1) is 7.74. The highest BCUT2D eigenvalue weighted by Gasteiger charge is 2.26. The molecule has 17 heavy (non-hydrogen) atoms. The van der Waals surface area contributed by atoms with Crippen LogP contribution in [0.2, 0.25) is 0 Å². The summed E-state index contributed by atoms with van der Waals surface area (Å²) in [5.74, 6) is 0.714. The Morgan fingerprint density at radius 3 is 2.53 bits per heavy atom. The third kappa shape index (κ3) is 2.48. The molecule has 1 aromatic rings. The van der Waals surface area contributed by atoms with Crippen molar-refractivity contribution in [2.45, 2.75) is 31.9 Å². The van der Waals surface area contributed by atoms with E-state index in [1.54, 1.807) is 6.07 Å². The van der Waals surface area contributed by atoms with Gasteiger partial charge in [-0.05, 0) is 25.8 Å². The molecule has 3 rings (SSSR count). The van der Waals surface area contributed by atoms with Crippen molar-refractivity contribution in [3.05, 3.63) is 28.2 Å². The van der Waals surface area contributed by atoms with Crippen LogP contribution in [0, 0.1) is 6.92 Å². The highest BCUT2D eigenvalue weighted by Crippen LogP contribution is 2.34. The molecule has 1 N–H and O–H groups in total. The Morgan fingerprint density at radius 1 is 1.35 bits per heavy atom. The van der Waals surface area contributed by atoms with E-state index in [2.05, 4.69) is 5.32 Å². The smallest absolute Gasteiger partial charge is 0.254 e. The number of aromatic nitrogens is 1. The lowest BCUT2D eigenvalue weighted by Gasteiger charge is -2.28. The zero-order chi connectivity index (χ0) is 11.1. The van der Waals surface area contributed by atoms with Crippen LogP contribution in [-0.4, -0.2) is 23.8 Å². The quantitative estimate of drug-likeness (QED) is 0.886. The lowest BCUT2D eigenvalue weighted by molar-refractivity contribution is 0.141. The molecule has 94 valence electrons. The Kier molecular flexibility index (Phi) is 3.45. The summed E-state index contributed by atoms with van der Waals surface area (Å²) >= 11 is 0. The summed E-state index contributed by atoms with van der Waals surface area (Å²) in [6.45, 7) is 3.74. The second-order valence-corrected chi connectivity index (χ2v) is 4.67. The standard InChI is InChI=1S/C12H16N2O2.ClH/c1-8-4-10(16-11-6-13-7-11)5-12(15)14(8)9-2-3-9;/h4-5,9,11,13H,2-3,6-7H2,1H3;1H. The van der Waals surface area contributed by atoms with E-state index in [1.165, 1.54) is 0 Å². The lowest BCUT2D eigenvalue weighted by Crippen LogP contribution is -2.50. The van der Waals surface area contributed by atoms with Gasteiger partial charge in [0, 0.05) is 30.9 Å². The van der Waals surface area contributed by atoms with Gasteiger partial charge in [-0.3, -0.25) is 4.79 Å². The number of halogens is 1. The first-order valence-corrected chi connectivity index (χ1v) is 5.84. The van der Waals surface area contributed by atoms with Gasteiger partial charge in [-0.1, -0.05) is 0 Å². The van der Waals surface area contributed by atoms with Gasteiger partial charge in [0.15, 0.2) is 0 Å². The van der Waals surface area contributed by atoms with E-state index >= 15 is 0 Å². The number of nitrogens with zero attached hydrogens (tertiary/aromatic N) is 1. The van der Waals surface area contributed by atoms with Gasteiger partial charge >= 0.3 is 0 Å². The molecule has 4 nitrogen and oxygen atoms in total. The van der Waals surface area contributed by atoms with E-state index in [4.69, 9.17) is 4.74 Å². The zero-order valence-electron chi connectivity index (χ0n) is 9.81. The Hall–Kier alpha value is -1.00. The maximum Gasteiger partial charge on any atom is 0.254 e. The second-order valence-electron chi connectivity index (χ2n) is 4.67. The third-order valence-electron chi connectivity index (χ3n) is 3.19. The zero-order valence-corrected chi connectivity index (χ0v) is 10.6. The molecule has 0 bridgehead atoms. The van der Waals surface area contributed by atoms with E-state index < -0.39 is 0 Å². The lowest BCUT2D eigenvalue weighted by atomic mass is 10.2. The monoisotopic (exact) mass is 256 g/mol. The average Bonchev–Trinajstić information content (AvgIpc) is 2.94. The van der Waals surface area contributed by atoms with Crippen LogP contribution < -0.4 is 15.6 Å². The van der Waals surface area contributed by atoms with E-state index in [9.17, 15) is 4.79 Å². The van der Waals surface area contributed by atoms with Gasteiger partial charge in [-0.15, -0.1) is 12.4 Å². The molecule has 1 saturated heterocycles. The number of hydrogen-bond acceptors (Lipinski definition) is 3. The number of hydrogen-bond donors (Lipinski definition) is 1. The predicted octanol–water partition coefficient (Wildman–Crippen LogP) is 1.26. The molecule has 2 fully saturated rings. The van der Waals surface area contributed by atoms with Gasteiger partial charge < -0.3 is 14.6 Å². The van der Waals surface area contributed by atoms with Crippen molar-refractivity contribution in [3.8, 4) is 5.75 Å². The van der Waals surface area contributed by atoms with Gasteiger partial charge in [-0.2, -0.15) is 0 Å². The number of pyridine rings is 1. The van der Waals surface area contributed by atoms with Crippen LogP contribution in [0.4, 0.5) is 0 Å². The van der Waals surface area contributed by atoms with E-state index in [0.29, 0.717) is 11.8 Å². The van der Waals surface area contributed by atoms with Crippen LogP contribution in [0.3, 0.4) is 0 Å². The van der Waals surface area contributed by atoms with Crippen molar-refractivity contribution < 1.29 is 4.74 Å². The topological polar surface area (TPSA) is 43.3 Å². The molecule has 1 aliphatic carbocycles. The van der Waals surface area contributed by atoms with Crippen molar-refractivity contribution >= 4 is 12.4 Å². The molecule has 5 heteroatoms. The van der Waals surface area contributed by atoms with Gasteiger partial charge in [0.2, 0.25) is 0 Å². The molecule has 2 aliphatic rings. The Labute approximate surface area is 106 Å². The molecular weight excluding hydrogens is 240 g/mol. The van der Waals surface area contributed by atoms with Crippen molar-refractivity contribution in [1.29, 1.82) is 0 Å². The molecular formula is C12H17ClN2O2. The van der Waals surface area contributed by atoms with Gasteiger partial charge in [0.25, 0.3) is 5.56 Å². The van der Waals surface area contributed by atoms with E-state index in [-0.39, 0.29) is 24.1 Å². The van der Waals surface area contributed by atoms with Crippen LogP contribution in [0.5, 0.6) is 5.75 Å². The predicted molar refractivity (Wildman–Crippen MR) is 68.2 cm³/mol. The summed E-state index contributed by atoms with van der Waals surface area (Å²) in [6.07, 6.45) is 2.50. The number of ether oxygens (including phenoxy) is 1. The number of rotatable bonds is 3. The van der Waals surface area contributed by atoms with Crippen molar-refractivity contribution in [2.75, 3.05) is 13.1 Å². The van der Waals surface area contributed by atoms with Crippen LogP contribution in [0.1, 0.15) is 24.6 Å². The van der Waals surface area contributed by atoms with Crippen molar-refractivity contribution in [1.82, 2.24) is 9.88 Å². The molecule has 1 aliphatic heterocycles. The van der Waals surface area contributed by atoms with E-state index in [0.717, 1.165) is 31.6 Å². The largest absolute Gasteiger partial charge is 0.488 e. The fourth-order valence-electron chi connectivity index (χ4n) is 2.09. The highest BCUT2D eigenvalue weighted by molar-refractivity contribution is 5.85. The summed E-state index contributed by atoms with van der Waals surface area (Å²) in [4.78, 5) is 11.9. The van der Waals surface area contributed by atoms with Gasteiger partial charge in [0.05, 0.1) is 0 Å². The van der Waals surface area contributed by atoms with Gasteiger partial charge in [-0.25, -0.2) is 0 Å². The minimum atomic E-state index is 0. The van der Waals surface area contributed by atoms with Crippen LogP contribution in [0.25, 0.3) is 0 Å². The first kappa shape index (κ1) is 12.5. The SMILES string of the molecule is Cc1cc(OC2CNC2)cc(=O)n1C1CC1.Cl. The molecule has 0 atom stereocenters. The number of aryl methyl sites for hydroxylation is 1. The van der Waals surface area contributed by atoms with E-state index in [1.807, 2.05) is 17.6 Å². The summed E-state index contributed by atoms with van der Waals surface area (Å²) in [7, 11) is 0. The fourth-order valence-corrected chi connectivity index (χ4v) is 2.09. The number of nitrogens with one attached hydrogen (secondary N) is 1. The summed E-state index contributed by atoms with van der Waals surface area (Å²) < 4.78 is 7.57. The van der Waals surface area contributed by atoms with Crippen molar-refractivity contribution in [3.63, 3.8) is 0 Å².